The maximum atomic E-state index is 14.2. The molecule has 8 amide bonds. The Kier molecular flexibility index (Phi) is 22.7. The van der Waals surface area contributed by atoms with Crippen molar-refractivity contribution >= 4 is 47.3 Å². The highest BCUT2D eigenvalue weighted by molar-refractivity contribution is 5.92. The number of rotatable bonds is 25. The van der Waals surface area contributed by atoms with Gasteiger partial charge in [-0.2, -0.15) is 0 Å². The molecule has 0 spiro atoms. The van der Waals surface area contributed by atoms with E-state index >= 15 is 0 Å². The van der Waals surface area contributed by atoms with Crippen LogP contribution in [0.4, 0.5) is 0 Å². The van der Waals surface area contributed by atoms with Crippen molar-refractivity contribution in [1.29, 1.82) is 0 Å². The van der Waals surface area contributed by atoms with Crippen LogP contribution in [0.5, 0.6) is 0 Å². The van der Waals surface area contributed by atoms with E-state index in [1.54, 1.807) is 47.5 Å². The average Bonchev–Trinajstić information content (AvgIpc) is 4.03. The molecular formula is C54H84N10O8. The van der Waals surface area contributed by atoms with Gasteiger partial charge >= 0.3 is 0 Å². The zero-order valence-corrected chi connectivity index (χ0v) is 44.6. The summed E-state index contributed by atoms with van der Waals surface area (Å²) in [6.07, 6.45) is 3.48. The molecule has 4 rings (SSSR count). The second-order valence-electron chi connectivity index (χ2n) is 21.5. The van der Waals surface area contributed by atoms with Crippen LogP contribution in [-0.4, -0.2) is 170 Å². The molecule has 2 saturated heterocycles. The molecule has 0 unspecified atom stereocenters. The molecular weight excluding hydrogens is 917 g/mol. The van der Waals surface area contributed by atoms with Gasteiger partial charge in [-0.15, -0.1) is 0 Å². The van der Waals surface area contributed by atoms with E-state index in [9.17, 15) is 38.4 Å². The van der Waals surface area contributed by atoms with Gasteiger partial charge in [-0.05, 0) is 88.4 Å². The summed E-state index contributed by atoms with van der Waals surface area (Å²) in [7, 11) is 3.37. The maximum absolute atomic E-state index is 14.2. The number of likely N-dealkylation sites (tertiary alicyclic amines) is 2. The normalized spacial score (nSPS) is 17.5. The van der Waals surface area contributed by atoms with Gasteiger partial charge in [0, 0.05) is 64.2 Å². The zero-order valence-electron chi connectivity index (χ0n) is 44.6. The average molecular weight is 1000 g/mol. The summed E-state index contributed by atoms with van der Waals surface area (Å²) in [5, 5.41) is 17.1. The first-order valence-electron chi connectivity index (χ1n) is 25.8. The maximum Gasteiger partial charge on any atom is 0.246 e. The third kappa shape index (κ3) is 18.0. The Balaban J connectivity index is 1.36. The molecule has 0 aliphatic carbocycles. The van der Waals surface area contributed by atoms with Crippen LogP contribution in [-0.2, 0) is 51.2 Å². The first-order chi connectivity index (χ1) is 34.0. The number of hydrogen-bond acceptors (Lipinski definition) is 10. The fourth-order valence-electron chi connectivity index (χ4n) is 8.99. The van der Waals surface area contributed by atoms with E-state index < -0.39 is 46.8 Å². The van der Waals surface area contributed by atoms with Gasteiger partial charge < -0.3 is 51.5 Å². The van der Waals surface area contributed by atoms with Gasteiger partial charge in [0.15, 0.2) is 0 Å². The molecule has 72 heavy (non-hydrogen) atoms. The zero-order chi connectivity index (χ0) is 53.2. The fourth-order valence-corrected chi connectivity index (χ4v) is 8.99. The number of nitrogens with one attached hydrogen (secondary N) is 6. The molecule has 2 aliphatic rings. The van der Waals surface area contributed by atoms with Gasteiger partial charge in [-0.3, -0.25) is 38.4 Å². The second kappa shape index (κ2) is 27.8. The minimum absolute atomic E-state index is 0.203. The topological polar surface area (TPSA) is 222 Å². The van der Waals surface area contributed by atoms with Crippen LogP contribution in [0.3, 0.4) is 0 Å². The lowest BCUT2D eigenvalue weighted by atomic mass is 9.85. The quantitative estimate of drug-likeness (QED) is 0.0853. The molecule has 18 heteroatoms. The number of hydrogen-bond donors (Lipinski definition) is 6. The van der Waals surface area contributed by atoms with Gasteiger partial charge in [0.1, 0.15) is 12.1 Å². The third-order valence-corrected chi connectivity index (χ3v) is 13.8. The minimum atomic E-state index is -0.787. The Morgan fingerprint density at radius 2 is 0.917 bits per heavy atom. The summed E-state index contributed by atoms with van der Waals surface area (Å²) in [6, 6.07) is 16.3. The van der Waals surface area contributed by atoms with E-state index in [0.29, 0.717) is 51.9 Å². The Labute approximate surface area is 427 Å². The molecule has 2 aromatic rings. The van der Waals surface area contributed by atoms with E-state index in [0.717, 1.165) is 24.0 Å². The molecule has 2 aromatic carbocycles. The molecule has 0 saturated carbocycles. The van der Waals surface area contributed by atoms with Crippen LogP contribution in [0.1, 0.15) is 105 Å². The Hall–Kier alpha value is -5.88. The molecule has 6 atom stereocenters. The predicted molar refractivity (Wildman–Crippen MR) is 278 cm³/mol. The lowest BCUT2D eigenvalue weighted by Crippen LogP contribution is -2.59. The number of benzene rings is 2. The first kappa shape index (κ1) is 58.7. The van der Waals surface area contributed by atoms with Crippen LogP contribution in [0.2, 0.25) is 0 Å². The summed E-state index contributed by atoms with van der Waals surface area (Å²) < 4.78 is 0. The highest BCUT2D eigenvalue weighted by atomic mass is 16.2. The molecule has 6 N–H and O–H groups in total. The first-order valence-corrected chi connectivity index (χ1v) is 25.8. The second-order valence-corrected chi connectivity index (χ2v) is 21.5. The van der Waals surface area contributed by atoms with Crippen molar-refractivity contribution in [2.24, 2.45) is 10.8 Å². The van der Waals surface area contributed by atoms with Crippen molar-refractivity contribution in [1.82, 2.24) is 51.5 Å². The van der Waals surface area contributed by atoms with Crippen LogP contribution >= 0.6 is 0 Å². The monoisotopic (exact) mass is 1000 g/mol. The predicted octanol–water partition coefficient (Wildman–Crippen LogP) is 2.40. The number of amides is 8. The van der Waals surface area contributed by atoms with Gasteiger partial charge in [0.2, 0.25) is 47.3 Å². The SMILES string of the molecule is CN[C@@H](C)C(=O)N[C@H](C(=O)N1CCC[C@H]1CN(CCc1ccccc1)C(=O)CNC(=O)CCC(=O)NCC(=O)N(CCc1ccccc1)C[C@@H]1CCCN1C(=O)[C@@H](NC(=O)[C@H](C)NC)C(C)(C)C)C(C)(C)C. The van der Waals surface area contributed by atoms with Crippen molar-refractivity contribution < 1.29 is 38.4 Å². The molecule has 18 nitrogen and oxygen atoms in total. The summed E-state index contributed by atoms with van der Waals surface area (Å²) >= 11 is 0. The van der Waals surface area contributed by atoms with Crippen molar-refractivity contribution in [3.05, 3.63) is 71.8 Å². The van der Waals surface area contributed by atoms with Crippen molar-refractivity contribution in [3.8, 4) is 0 Å². The summed E-state index contributed by atoms with van der Waals surface area (Å²) in [4.78, 5) is 115. The van der Waals surface area contributed by atoms with Crippen LogP contribution in [0.15, 0.2) is 60.7 Å². The van der Waals surface area contributed by atoms with E-state index in [2.05, 4.69) is 31.9 Å². The molecule has 2 aliphatic heterocycles. The van der Waals surface area contributed by atoms with Crippen LogP contribution < -0.4 is 31.9 Å². The molecule has 398 valence electrons. The van der Waals surface area contributed by atoms with Crippen molar-refractivity contribution in [2.75, 3.05) is 66.5 Å². The van der Waals surface area contributed by atoms with E-state index in [1.807, 2.05) is 102 Å². The highest BCUT2D eigenvalue weighted by Crippen LogP contribution is 2.28. The largest absolute Gasteiger partial charge is 0.347 e. The smallest absolute Gasteiger partial charge is 0.246 e. The lowest BCUT2D eigenvalue weighted by molar-refractivity contribution is -0.142. The van der Waals surface area contributed by atoms with Crippen molar-refractivity contribution in [2.45, 2.75) is 143 Å². The van der Waals surface area contributed by atoms with Crippen LogP contribution in [0.25, 0.3) is 0 Å². The van der Waals surface area contributed by atoms with Crippen molar-refractivity contribution in [3.63, 3.8) is 0 Å². The Bertz CT molecular complexity index is 1980. The van der Waals surface area contributed by atoms with Gasteiger partial charge in [0.25, 0.3) is 0 Å². The molecule has 2 heterocycles. The summed E-state index contributed by atoms with van der Waals surface area (Å²) in [6.45, 7) is 16.4. The van der Waals surface area contributed by atoms with Gasteiger partial charge in [-0.25, -0.2) is 0 Å². The highest BCUT2D eigenvalue weighted by Gasteiger charge is 2.42. The Morgan fingerprint density at radius 3 is 1.24 bits per heavy atom. The standard InChI is InChI=1S/C54H84N10O8/c1-37(55-9)49(69)59-47(53(3,4)5)51(71)63-29-17-23-41(63)35-61(31-27-39-19-13-11-14-20-39)45(67)33-57-43(65)25-26-44(66)58-34-46(68)62(32-28-40-21-15-12-16-22-40)36-42-24-18-30-64(42)52(72)48(54(6,7)8)60-50(70)38(2)56-10/h11-16,19-22,37-38,41-42,47-48,55-56H,17-18,23-36H2,1-10H3,(H,57,65)(H,58,66)(H,59,69)(H,60,70)/t37-,38-,41-,42-,47+,48+/m0/s1. The molecule has 0 bridgehead atoms. The number of carbonyl (C=O) groups excluding carboxylic acids is 8. The molecule has 0 aromatic heterocycles. The van der Waals surface area contributed by atoms with Gasteiger partial charge in [-0.1, -0.05) is 102 Å². The minimum Gasteiger partial charge on any atom is -0.347 e. The lowest BCUT2D eigenvalue weighted by Gasteiger charge is -2.37. The molecule has 2 fully saturated rings. The van der Waals surface area contributed by atoms with E-state index in [4.69, 9.17) is 0 Å². The summed E-state index contributed by atoms with van der Waals surface area (Å²) in [5.74, 6) is -2.66. The van der Waals surface area contributed by atoms with E-state index in [-0.39, 0.29) is 86.5 Å². The Morgan fingerprint density at radius 1 is 0.569 bits per heavy atom. The number of nitrogens with zero attached hydrogens (tertiary/aromatic N) is 4. The number of carbonyl (C=O) groups is 8. The third-order valence-electron chi connectivity index (χ3n) is 13.8. The summed E-state index contributed by atoms with van der Waals surface area (Å²) in [5.41, 5.74) is 0.888. The molecule has 0 radical (unpaired) electrons. The van der Waals surface area contributed by atoms with Crippen LogP contribution in [0, 0.1) is 10.8 Å². The fraction of sp³-hybridized carbons (Fsp3) is 0.630. The van der Waals surface area contributed by atoms with Gasteiger partial charge in [0.05, 0.1) is 25.2 Å². The van der Waals surface area contributed by atoms with E-state index in [1.165, 1.54) is 0 Å². The number of likely N-dealkylation sites (N-methyl/N-ethyl adjacent to an activating group) is 2.